The number of piperidine rings is 1. The lowest BCUT2D eigenvalue weighted by Gasteiger charge is -2.32. The largest absolute Gasteiger partial charge is 0.376 e. The van der Waals surface area contributed by atoms with Crippen molar-refractivity contribution in [3.8, 4) is 0 Å². The van der Waals surface area contributed by atoms with Crippen LogP contribution in [0, 0.1) is 0 Å². The molecule has 1 aromatic rings. The summed E-state index contributed by atoms with van der Waals surface area (Å²) >= 11 is 0. The molecule has 2 heterocycles. The molecule has 0 saturated carbocycles. The lowest BCUT2D eigenvalue weighted by atomic mass is 10.1. The first kappa shape index (κ1) is 14.7. The topological polar surface area (TPSA) is 80.5 Å². The number of nitrogen functional groups attached to an aromatic ring is 1. The molecular weight excluding hydrogens is 256 g/mol. The van der Waals surface area contributed by atoms with Crippen molar-refractivity contribution in [1.29, 1.82) is 0 Å². The molecule has 6 heteroatoms. The molecule has 3 N–H and O–H groups in total. The number of pyridine rings is 1. The van der Waals surface area contributed by atoms with Gasteiger partial charge in [0.2, 0.25) is 0 Å². The zero-order valence-electron chi connectivity index (χ0n) is 11.8. The third kappa shape index (κ3) is 3.68. The van der Waals surface area contributed by atoms with Gasteiger partial charge in [-0.3, -0.25) is 15.6 Å². The highest BCUT2D eigenvalue weighted by Gasteiger charge is 2.25. The highest BCUT2D eigenvalue weighted by atomic mass is 16.5. The van der Waals surface area contributed by atoms with Crippen molar-refractivity contribution < 1.29 is 9.53 Å². The molecule has 0 radical (unpaired) electrons. The van der Waals surface area contributed by atoms with E-state index in [4.69, 9.17) is 10.6 Å². The standard InChI is InChI=1S/C14H22N4O2/c1-2-8-20-12-4-3-7-18(10-12)14(19)13-9-11(17-15)5-6-16-13/h5-6,9,12H,2-4,7-8,10,15H2,1H3,(H,16,17). The van der Waals surface area contributed by atoms with E-state index in [1.54, 1.807) is 18.3 Å². The lowest BCUT2D eigenvalue weighted by molar-refractivity contribution is 0.00192. The second-order valence-corrected chi connectivity index (χ2v) is 4.96. The number of anilines is 1. The fourth-order valence-electron chi connectivity index (χ4n) is 2.34. The maximum atomic E-state index is 12.4. The number of carbonyl (C=O) groups excluding carboxylic acids is 1. The average molecular weight is 278 g/mol. The number of nitrogens with one attached hydrogen (secondary N) is 1. The van der Waals surface area contributed by atoms with Crippen molar-refractivity contribution in [2.45, 2.75) is 32.3 Å². The monoisotopic (exact) mass is 278 g/mol. The molecule has 20 heavy (non-hydrogen) atoms. The fraction of sp³-hybridized carbons (Fsp3) is 0.571. The Morgan fingerprint density at radius 2 is 2.50 bits per heavy atom. The predicted octanol–water partition coefficient (Wildman–Crippen LogP) is 1.40. The van der Waals surface area contributed by atoms with E-state index >= 15 is 0 Å². The van der Waals surface area contributed by atoms with Gasteiger partial charge in [-0.1, -0.05) is 6.92 Å². The van der Waals surface area contributed by atoms with Gasteiger partial charge in [0, 0.05) is 25.9 Å². The first-order valence-electron chi connectivity index (χ1n) is 7.08. The van der Waals surface area contributed by atoms with Gasteiger partial charge in [-0.05, 0) is 31.4 Å². The Balaban J connectivity index is 2.00. The Kier molecular flexibility index (Phi) is 5.31. The van der Waals surface area contributed by atoms with Crippen LogP contribution in [0.25, 0.3) is 0 Å². The van der Waals surface area contributed by atoms with E-state index in [0.717, 1.165) is 32.4 Å². The van der Waals surface area contributed by atoms with Crippen LogP contribution in [-0.2, 0) is 4.74 Å². The Hall–Kier alpha value is -1.66. The van der Waals surface area contributed by atoms with Crippen LogP contribution in [-0.4, -0.2) is 41.6 Å². The van der Waals surface area contributed by atoms with Crippen molar-refractivity contribution in [1.82, 2.24) is 9.88 Å². The SMILES string of the molecule is CCCOC1CCCN(C(=O)c2cc(NN)ccn2)C1. The van der Waals surface area contributed by atoms with Gasteiger partial charge in [-0.2, -0.15) is 0 Å². The number of ether oxygens (including phenoxy) is 1. The summed E-state index contributed by atoms with van der Waals surface area (Å²) in [6, 6.07) is 3.39. The minimum Gasteiger partial charge on any atom is -0.376 e. The summed E-state index contributed by atoms with van der Waals surface area (Å²) in [4.78, 5) is 18.4. The van der Waals surface area contributed by atoms with E-state index < -0.39 is 0 Å². The number of carbonyl (C=O) groups is 1. The second-order valence-electron chi connectivity index (χ2n) is 4.96. The normalized spacial score (nSPS) is 18.9. The van der Waals surface area contributed by atoms with Crippen molar-refractivity contribution in [3.05, 3.63) is 24.0 Å². The molecule has 1 atom stereocenters. The van der Waals surface area contributed by atoms with E-state index in [0.29, 0.717) is 17.9 Å². The maximum absolute atomic E-state index is 12.4. The summed E-state index contributed by atoms with van der Waals surface area (Å²) in [6.45, 7) is 4.23. The molecule has 0 bridgehead atoms. The summed E-state index contributed by atoms with van der Waals surface area (Å²) in [5.74, 6) is 5.29. The minimum atomic E-state index is -0.0631. The zero-order valence-corrected chi connectivity index (χ0v) is 11.8. The molecule has 1 amide bonds. The smallest absolute Gasteiger partial charge is 0.272 e. The lowest BCUT2D eigenvalue weighted by Crippen LogP contribution is -2.43. The predicted molar refractivity (Wildman–Crippen MR) is 77.2 cm³/mol. The molecule has 1 aliphatic heterocycles. The van der Waals surface area contributed by atoms with Crippen LogP contribution < -0.4 is 11.3 Å². The average Bonchev–Trinajstić information content (AvgIpc) is 2.52. The van der Waals surface area contributed by atoms with E-state index in [1.807, 2.05) is 4.90 Å². The highest BCUT2D eigenvalue weighted by molar-refractivity contribution is 5.93. The Labute approximate surface area is 119 Å². The van der Waals surface area contributed by atoms with Crippen LogP contribution >= 0.6 is 0 Å². The number of nitrogens with zero attached hydrogens (tertiary/aromatic N) is 2. The van der Waals surface area contributed by atoms with E-state index in [2.05, 4.69) is 17.3 Å². The van der Waals surface area contributed by atoms with Crippen LogP contribution in [0.4, 0.5) is 5.69 Å². The van der Waals surface area contributed by atoms with Crippen molar-refractivity contribution in [2.75, 3.05) is 25.1 Å². The Bertz CT molecular complexity index is 453. The first-order chi connectivity index (χ1) is 9.74. The molecule has 1 aromatic heterocycles. The van der Waals surface area contributed by atoms with Gasteiger partial charge in [0.15, 0.2) is 0 Å². The highest BCUT2D eigenvalue weighted by Crippen LogP contribution is 2.16. The molecule has 1 fully saturated rings. The summed E-state index contributed by atoms with van der Waals surface area (Å²) in [6.07, 6.45) is 4.70. The quantitative estimate of drug-likeness (QED) is 0.628. The molecule has 1 aliphatic rings. The number of likely N-dealkylation sites (tertiary alicyclic amines) is 1. The van der Waals surface area contributed by atoms with Gasteiger partial charge < -0.3 is 15.1 Å². The van der Waals surface area contributed by atoms with Crippen LogP contribution in [0.3, 0.4) is 0 Å². The number of rotatable bonds is 5. The molecular formula is C14H22N4O2. The molecule has 1 unspecified atom stereocenters. The van der Waals surface area contributed by atoms with Crippen LogP contribution in [0.15, 0.2) is 18.3 Å². The number of aromatic nitrogens is 1. The Morgan fingerprint density at radius 3 is 3.25 bits per heavy atom. The number of hydrogen-bond donors (Lipinski definition) is 2. The van der Waals surface area contributed by atoms with Gasteiger partial charge in [0.25, 0.3) is 5.91 Å². The van der Waals surface area contributed by atoms with Crippen molar-refractivity contribution in [3.63, 3.8) is 0 Å². The minimum absolute atomic E-state index is 0.0631. The van der Waals surface area contributed by atoms with Crippen molar-refractivity contribution >= 4 is 11.6 Å². The van der Waals surface area contributed by atoms with Crippen LogP contribution in [0.5, 0.6) is 0 Å². The molecule has 0 spiro atoms. The molecule has 1 saturated heterocycles. The molecule has 0 aromatic carbocycles. The van der Waals surface area contributed by atoms with Gasteiger partial charge >= 0.3 is 0 Å². The van der Waals surface area contributed by atoms with Crippen LogP contribution in [0.2, 0.25) is 0 Å². The number of amides is 1. The zero-order chi connectivity index (χ0) is 14.4. The number of hydrazine groups is 1. The van der Waals surface area contributed by atoms with E-state index in [9.17, 15) is 4.79 Å². The third-order valence-electron chi connectivity index (χ3n) is 3.37. The van der Waals surface area contributed by atoms with Gasteiger partial charge in [-0.15, -0.1) is 0 Å². The molecule has 0 aliphatic carbocycles. The maximum Gasteiger partial charge on any atom is 0.272 e. The van der Waals surface area contributed by atoms with Crippen molar-refractivity contribution in [2.24, 2.45) is 5.84 Å². The summed E-state index contributed by atoms with van der Waals surface area (Å²) in [5, 5.41) is 0. The third-order valence-corrected chi connectivity index (χ3v) is 3.37. The molecule has 110 valence electrons. The van der Waals surface area contributed by atoms with E-state index in [-0.39, 0.29) is 12.0 Å². The molecule has 6 nitrogen and oxygen atoms in total. The summed E-state index contributed by atoms with van der Waals surface area (Å²) in [5.41, 5.74) is 3.62. The fourth-order valence-corrected chi connectivity index (χ4v) is 2.34. The molecule has 2 rings (SSSR count). The second kappa shape index (κ2) is 7.21. The summed E-state index contributed by atoms with van der Waals surface area (Å²) in [7, 11) is 0. The van der Waals surface area contributed by atoms with Gasteiger partial charge in [-0.25, -0.2) is 0 Å². The number of nitrogens with two attached hydrogens (primary N) is 1. The van der Waals surface area contributed by atoms with Gasteiger partial charge in [0.05, 0.1) is 11.8 Å². The van der Waals surface area contributed by atoms with E-state index in [1.165, 1.54) is 0 Å². The first-order valence-corrected chi connectivity index (χ1v) is 7.08. The Morgan fingerprint density at radius 1 is 1.65 bits per heavy atom. The van der Waals surface area contributed by atoms with Crippen LogP contribution in [0.1, 0.15) is 36.7 Å². The summed E-state index contributed by atoms with van der Waals surface area (Å²) < 4.78 is 5.75. The van der Waals surface area contributed by atoms with Gasteiger partial charge in [0.1, 0.15) is 5.69 Å². The number of hydrogen-bond acceptors (Lipinski definition) is 5.